The lowest BCUT2D eigenvalue weighted by Crippen LogP contribution is -2.48. The van der Waals surface area contributed by atoms with Gasteiger partial charge in [0.25, 0.3) is 11.8 Å². The maximum absolute atomic E-state index is 13.2. The van der Waals surface area contributed by atoms with Gasteiger partial charge in [-0.15, -0.1) is 0 Å². The summed E-state index contributed by atoms with van der Waals surface area (Å²) in [5.41, 5.74) is 5.59. The Morgan fingerprint density at radius 3 is 2.31 bits per heavy atom. The van der Waals surface area contributed by atoms with Gasteiger partial charge in [0, 0.05) is 80.6 Å². The summed E-state index contributed by atoms with van der Waals surface area (Å²) in [6.07, 6.45) is 9.04. The highest BCUT2D eigenvalue weighted by Crippen LogP contribution is 2.27. The SMILES string of the molecule is Cc1cc(C(=O)N2CCCC2)cc(C)c1C(=O)NCC[C@@H](C)N1CCC(N(Cc2cccnc2)c2ccccc2)CC1. The first-order chi connectivity index (χ1) is 20.4. The number of nitrogens with one attached hydrogen (secondary N) is 1. The van der Waals surface area contributed by atoms with E-state index >= 15 is 0 Å². The normalized spacial score (nSPS) is 16.8. The zero-order valence-corrected chi connectivity index (χ0v) is 25.4. The maximum atomic E-state index is 13.2. The Labute approximate surface area is 250 Å². The third kappa shape index (κ3) is 7.19. The van der Waals surface area contributed by atoms with E-state index in [1.165, 1.54) is 11.3 Å². The third-order valence-electron chi connectivity index (χ3n) is 8.97. The third-order valence-corrected chi connectivity index (χ3v) is 8.97. The lowest BCUT2D eigenvalue weighted by molar-refractivity contribution is 0.0791. The number of piperidine rings is 1. The molecule has 42 heavy (non-hydrogen) atoms. The van der Waals surface area contributed by atoms with Crippen molar-refractivity contribution in [2.24, 2.45) is 0 Å². The van der Waals surface area contributed by atoms with Crippen LogP contribution < -0.4 is 10.2 Å². The van der Waals surface area contributed by atoms with E-state index in [4.69, 9.17) is 0 Å². The lowest BCUT2D eigenvalue weighted by atomic mass is 9.97. The molecule has 3 heterocycles. The van der Waals surface area contributed by atoms with E-state index in [2.05, 4.69) is 63.4 Å². The number of amides is 2. The van der Waals surface area contributed by atoms with Gasteiger partial charge in [-0.3, -0.25) is 14.6 Å². The lowest BCUT2D eigenvalue weighted by Gasteiger charge is -2.42. The summed E-state index contributed by atoms with van der Waals surface area (Å²) < 4.78 is 0. The number of benzene rings is 2. The van der Waals surface area contributed by atoms with Crippen LogP contribution in [0.4, 0.5) is 5.69 Å². The molecule has 2 fully saturated rings. The van der Waals surface area contributed by atoms with Crippen molar-refractivity contribution in [1.29, 1.82) is 0 Å². The van der Waals surface area contributed by atoms with Crippen LogP contribution in [0.3, 0.4) is 0 Å². The number of aromatic nitrogens is 1. The Morgan fingerprint density at radius 2 is 1.67 bits per heavy atom. The van der Waals surface area contributed by atoms with E-state index in [0.29, 0.717) is 29.8 Å². The number of carbonyl (C=O) groups excluding carboxylic acids is 2. The molecule has 2 amide bonds. The number of carbonyl (C=O) groups is 2. The minimum absolute atomic E-state index is 0.0509. The molecule has 0 spiro atoms. The van der Waals surface area contributed by atoms with Gasteiger partial charge in [-0.2, -0.15) is 0 Å². The molecule has 7 nitrogen and oxygen atoms in total. The molecule has 7 heteroatoms. The highest BCUT2D eigenvalue weighted by molar-refractivity contribution is 6.00. The highest BCUT2D eigenvalue weighted by Gasteiger charge is 2.28. The molecule has 5 rings (SSSR count). The fourth-order valence-corrected chi connectivity index (χ4v) is 6.59. The summed E-state index contributed by atoms with van der Waals surface area (Å²) >= 11 is 0. The van der Waals surface area contributed by atoms with Crippen LogP contribution in [0, 0.1) is 13.8 Å². The molecule has 1 aromatic heterocycles. The molecule has 0 aliphatic carbocycles. The van der Waals surface area contributed by atoms with Gasteiger partial charge in [-0.25, -0.2) is 0 Å². The van der Waals surface area contributed by atoms with Crippen LogP contribution in [0.15, 0.2) is 67.0 Å². The van der Waals surface area contributed by atoms with Crippen LogP contribution in [0.25, 0.3) is 0 Å². The second-order valence-corrected chi connectivity index (χ2v) is 12.0. The molecule has 0 unspecified atom stereocenters. The number of anilines is 1. The summed E-state index contributed by atoms with van der Waals surface area (Å²) in [7, 11) is 0. The number of hydrogen-bond acceptors (Lipinski definition) is 5. The van der Waals surface area contributed by atoms with Crippen LogP contribution >= 0.6 is 0 Å². The minimum atomic E-state index is -0.0509. The largest absolute Gasteiger partial charge is 0.364 e. The number of nitrogens with zero attached hydrogens (tertiary/aromatic N) is 4. The number of aryl methyl sites for hydroxylation is 2. The first-order valence-electron chi connectivity index (χ1n) is 15.5. The maximum Gasteiger partial charge on any atom is 0.253 e. The van der Waals surface area contributed by atoms with Crippen molar-refractivity contribution in [1.82, 2.24) is 20.1 Å². The zero-order chi connectivity index (χ0) is 29.5. The van der Waals surface area contributed by atoms with E-state index in [1.54, 1.807) is 0 Å². The van der Waals surface area contributed by atoms with Crippen molar-refractivity contribution in [2.45, 2.75) is 71.5 Å². The van der Waals surface area contributed by atoms with E-state index < -0.39 is 0 Å². The fourth-order valence-electron chi connectivity index (χ4n) is 6.59. The van der Waals surface area contributed by atoms with Gasteiger partial charge >= 0.3 is 0 Å². The van der Waals surface area contributed by atoms with Crippen LogP contribution in [-0.2, 0) is 6.54 Å². The summed E-state index contributed by atoms with van der Waals surface area (Å²) in [6.45, 7) is 11.4. The average Bonchev–Trinajstić information content (AvgIpc) is 3.55. The summed E-state index contributed by atoms with van der Waals surface area (Å²) in [4.78, 5) is 37.3. The first kappa shape index (κ1) is 29.8. The van der Waals surface area contributed by atoms with Crippen LogP contribution in [0.1, 0.15) is 76.4 Å². The summed E-state index contributed by atoms with van der Waals surface area (Å²) in [5, 5.41) is 3.16. The van der Waals surface area contributed by atoms with Gasteiger partial charge in [0.15, 0.2) is 0 Å². The molecule has 1 N–H and O–H groups in total. The Kier molecular flexibility index (Phi) is 9.90. The van der Waals surface area contributed by atoms with Gasteiger partial charge in [0.2, 0.25) is 0 Å². The van der Waals surface area contributed by atoms with E-state index in [9.17, 15) is 9.59 Å². The van der Waals surface area contributed by atoms with E-state index in [1.807, 2.05) is 49.3 Å². The fraction of sp³-hybridized carbons (Fsp3) is 0.457. The Hall–Kier alpha value is -3.71. The number of para-hydroxylation sites is 1. The van der Waals surface area contributed by atoms with Gasteiger partial charge in [0.1, 0.15) is 0 Å². The Balaban J connectivity index is 1.12. The molecule has 3 aromatic rings. The Morgan fingerprint density at radius 1 is 0.976 bits per heavy atom. The predicted octanol–water partition coefficient (Wildman–Crippen LogP) is 5.61. The molecule has 1 atom stereocenters. The van der Waals surface area contributed by atoms with Gasteiger partial charge in [-0.1, -0.05) is 24.3 Å². The van der Waals surface area contributed by atoms with E-state index in [-0.39, 0.29) is 11.8 Å². The molecule has 222 valence electrons. The smallest absolute Gasteiger partial charge is 0.253 e. The van der Waals surface area contributed by atoms with Crippen molar-refractivity contribution in [3.05, 3.63) is 94.8 Å². The molecule has 2 aliphatic heterocycles. The number of pyridine rings is 1. The van der Waals surface area contributed by atoms with Crippen LogP contribution in [0.2, 0.25) is 0 Å². The van der Waals surface area contributed by atoms with Crippen LogP contribution in [0.5, 0.6) is 0 Å². The quantitative estimate of drug-likeness (QED) is 0.345. The first-order valence-corrected chi connectivity index (χ1v) is 15.5. The predicted molar refractivity (Wildman–Crippen MR) is 169 cm³/mol. The van der Waals surface area contributed by atoms with Crippen molar-refractivity contribution in [3.63, 3.8) is 0 Å². The number of likely N-dealkylation sites (tertiary alicyclic amines) is 2. The molecule has 2 saturated heterocycles. The molecular weight excluding hydrogens is 522 g/mol. The number of rotatable bonds is 10. The second-order valence-electron chi connectivity index (χ2n) is 12.0. The molecule has 0 bridgehead atoms. The Bertz CT molecular complexity index is 1310. The van der Waals surface area contributed by atoms with Gasteiger partial charge in [-0.05, 0) is 99.9 Å². The van der Waals surface area contributed by atoms with E-state index in [0.717, 1.165) is 76.0 Å². The summed E-state index contributed by atoms with van der Waals surface area (Å²) in [6, 6.07) is 19.5. The average molecular weight is 568 g/mol. The number of hydrogen-bond donors (Lipinski definition) is 1. The topological polar surface area (TPSA) is 68.8 Å². The van der Waals surface area contributed by atoms with Crippen LogP contribution in [-0.4, -0.2) is 71.4 Å². The van der Waals surface area contributed by atoms with Gasteiger partial charge < -0.3 is 20.0 Å². The zero-order valence-electron chi connectivity index (χ0n) is 25.4. The molecular formula is C35H45N5O2. The molecule has 0 radical (unpaired) electrons. The highest BCUT2D eigenvalue weighted by atomic mass is 16.2. The minimum Gasteiger partial charge on any atom is -0.364 e. The second kappa shape index (κ2) is 14.0. The van der Waals surface area contributed by atoms with Crippen molar-refractivity contribution in [3.8, 4) is 0 Å². The summed E-state index contributed by atoms with van der Waals surface area (Å²) in [5.74, 6) is 0.0252. The van der Waals surface area contributed by atoms with Crippen molar-refractivity contribution >= 4 is 17.5 Å². The van der Waals surface area contributed by atoms with Crippen molar-refractivity contribution < 1.29 is 9.59 Å². The van der Waals surface area contributed by atoms with Gasteiger partial charge in [0.05, 0.1) is 0 Å². The molecule has 2 aromatic carbocycles. The molecule has 2 aliphatic rings. The molecule has 0 saturated carbocycles. The standard InChI is InChI=1S/C35H45N5O2/c1-26-22-30(35(42)39-18-7-8-19-39)23-27(2)33(26)34(41)37-17-13-28(3)38-20-14-32(15-21-38)40(31-11-5-4-6-12-31)25-29-10-9-16-36-24-29/h4-6,9-12,16,22-24,28,32H,7-8,13-15,17-21,25H2,1-3H3,(H,37,41)/t28-/m1/s1. The van der Waals surface area contributed by atoms with Crippen molar-refractivity contribution in [2.75, 3.05) is 37.6 Å². The monoisotopic (exact) mass is 567 g/mol.